The average Bonchev–Trinajstić information content (AvgIpc) is 2.36. The summed E-state index contributed by atoms with van der Waals surface area (Å²) < 4.78 is 0. The maximum Gasteiger partial charge on any atom is 0.252 e. The highest BCUT2D eigenvalue weighted by Crippen LogP contribution is 2.23. The first-order chi connectivity index (χ1) is 9.73. The third-order valence-corrected chi connectivity index (χ3v) is 2.95. The van der Waals surface area contributed by atoms with Gasteiger partial charge in [0.05, 0.1) is 10.6 Å². The minimum absolute atomic E-state index is 0.0989. The number of halogens is 1. The van der Waals surface area contributed by atoms with E-state index in [1.807, 2.05) is 20.8 Å². The molecule has 1 rings (SSSR count). The highest BCUT2D eigenvalue weighted by Gasteiger charge is 2.17. The maximum absolute atomic E-state index is 11.9. The van der Waals surface area contributed by atoms with Crippen LogP contribution < -0.4 is 16.4 Å². The molecule has 0 saturated carbocycles. The van der Waals surface area contributed by atoms with Gasteiger partial charge in [0.15, 0.2) is 0 Å². The Morgan fingerprint density at radius 3 is 2.52 bits per heavy atom. The first kappa shape index (κ1) is 17.5. The van der Waals surface area contributed by atoms with Crippen molar-refractivity contribution in [3.63, 3.8) is 0 Å². The van der Waals surface area contributed by atoms with Gasteiger partial charge in [0.2, 0.25) is 5.91 Å². The van der Waals surface area contributed by atoms with Gasteiger partial charge in [0.25, 0.3) is 5.91 Å². The molecule has 0 unspecified atom stereocenters. The van der Waals surface area contributed by atoms with Gasteiger partial charge < -0.3 is 16.4 Å². The summed E-state index contributed by atoms with van der Waals surface area (Å²) in [5, 5.41) is 5.75. The van der Waals surface area contributed by atoms with E-state index in [9.17, 15) is 9.59 Å². The monoisotopic (exact) mass is 311 g/mol. The quantitative estimate of drug-likeness (QED) is 0.780. The largest absolute Gasteiger partial charge is 0.351 e. The Bertz CT molecular complexity index is 524. The second kappa shape index (κ2) is 7.43. The van der Waals surface area contributed by atoms with Crippen molar-refractivity contribution in [2.24, 2.45) is 11.1 Å². The van der Waals surface area contributed by atoms with Crippen molar-refractivity contribution in [2.45, 2.75) is 27.2 Å². The predicted octanol–water partition coefficient (Wildman–Crippen LogP) is 2.40. The third kappa shape index (κ3) is 6.14. The van der Waals surface area contributed by atoms with Gasteiger partial charge >= 0.3 is 0 Å². The zero-order valence-electron chi connectivity index (χ0n) is 12.6. The maximum atomic E-state index is 11.9. The van der Waals surface area contributed by atoms with Crippen molar-refractivity contribution in [1.82, 2.24) is 5.32 Å². The van der Waals surface area contributed by atoms with Gasteiger partial charge in [-0.05, 0) is 23.6 Å². The van der Waals surface area contributed by atoms with Crippen molar-refractivity contribution in [1.29, 1.82) is 0 Å². The minimum atomic E-state index is -0.308. The summed E-state index contributed by atoms with van der Waals surface area (Å²) in [4.78, 5) is 23.8. The summed E-state index contributed by atoms with van der Waals surface area (Å²) in [6, 6.07) is 4.82. The first-order valence-corrected chi connectivity index (χ1v) is 7.18. The molecule has 21 heavy (non-hydrogen) atoms. The Labute approximate surface area is 130 Å². The van der Waals surface area contributed by atoms with Crippen molar-refractivity contribution in [2.75, 3.05) is 18.4 Å². The molecule has 116 valence electrons. The zero-order chi connectivity index (χ0) is 16.0. The summed E-state index contributed by atoms with van der Waals surface area (Å²) in [6.07, 6.45) is 0.393. The number of rotatable bonds is 5. The fourth-order valence-corrected chi connectivity index (χ4v) is 1.95. The van der Waals surface area contributed by atoms with E-state index < -0.39 is 0 Å². The Hall–Kier alpha value is -1.59. The van der Waals surface area contributed by atoms with Crippen molar-refractivity contribution in [3.8, 4) is 0 Å². The second-order valence-corrected chi connectivity index (χ2v) is 6.43. The second-order valence-electron chi connectivity index (χ2n) is 6.02. The van der Waals surface area contributed by atoms with Gasteiger partial charge in [-0.2, -0.15) is 0 Å². The zero-order valence-corrected chi connectivity index (χ0v) is 13.4. The molecule has 0 aliphatic carbocycles. The van der Waals surface area contributed by atoms with Crippen LogP contribution >= 0.6 is 11.6 Å². The molecule has 0 spiro atoms. The highest BCUT2D eigenvalue weighted by atomic mass is 35.5. The standard InChI is InChI=1S/C15H22ClN3O2/c1-15(2,3)9-13(20)19-10-4-5-12(16)11(8-10)14(21)18-7-6-17/h4-5,8H,6-7,9,17H2,1-3H3,(H,18,21)(H,19,20). The summed E-state index contributed by atoms with van der Waals surface area (Å²) in [5.41, 5.74) is 6.11. The average molecular weight is 312 g/mol. The Balaban J connectivity index is 2.82. The van der Waals surface area contributed by atoms with Gasteiger partial charge in [-0.3, -0.25) is 9.59 Å². The predicted molar refractivity (Wildman–Crippen MR) is 85.5 cm³/mol. The molecule has 1 aromatic carbocycles. The van der Waals surface area contributed by atoms with Crippen LogP contribution in [0.2, 0.25) is 5.02 Å². The Kier molecular flexibility index (Phi) is 6.18. The van der Waals surface area contributed by atoms with Gasteiger partial charge in [0, 0.05) is 25.2 Å². The summed E-state index contributed by atoms with van der Waals surface area (Å²) in [6.45, 7) is 6.68. The smallest absolute Gasteiger partial charge is 0.252 e. The molecule has 0 radical (unpaired) electrons. The third-order valence-electron chi connectivity index (χ3n) is 2.62. The van der Waals surface area contributed by atoms with Crippen molar-refractivity contribution < 1.29 is 9.59 Å². The van der Waals surface area contributed by atoms with E-state index in [4.69, 9.17) is 17.3 Å². The number of carbonyl (C=O) groups is 2. The van der Waals surface area contributed by atoms with E-state index in [0.717, 1.165) is 0 Å². The molecule has 5 nitrogen and oxygen atoms in total. The molecule has 0 heterocycles. The molecular formula is C15H22ClN3O2. The van der Waals surface area contributed by atoms with Gasteiger partial charge in [-0.1, -0.05) is 32.4 Å². The van der Waals surface area contributed by atoms with Crippen LogP contribution in [0.1, 0.15) is 37.6 Å². The van der Waals surface area contributed by atoms with E-state index in [1.165, 1.54) is 0 Å². The van der Waals surface area contributed by atoms with E-state index in [2.05, 4.69) is 10.6 Å². The lowest BCUT2D eigenvalue weighted by Crippen LogP contribution is -2.29. The summed E-state index contributed by atoms with van der Waals surface area (Å²) in [5.74, 6) is -0.407. The first-order valence-electron chi connectivity index (χ1n) is 6.80. The lowest BCUT2D eigenvalue weighted by atomic mass is 9.92. The van der Waals surface area contributed by atoms with Crippen molar-refractivity contribution >= 4 is 29.1 Å². The molecule has 0 aliphatic rings. The van der Waals surface area contributed by atoms with Crippen LogP contribution in [0.25, 0.3) is 0 Å². The Morgan fingerprint density at radius 2 is 1.95 bits per heavy atom. The van der Waals surface area contributed by atoms with E-state index in [0.29, 0.717) is 35.8 Å². The number of anilines is 1. The molecule has 4 N–H and O–H groups in total. The molecule has 0 saturated heterocycles. The van der Waals surface area contributed by atoms with Gasteiger partial charge in [-0.25, -0.2) is 0 Å². The van der Waals surface area contributed by atoms with Crippen LogP contribution in [0.5, 0.6) is 0 Å². The number of amides is 2. The summed E-state index contributed by atoms with van der Waals surface area (Å²) in [7, 11) is 0. The lowest BCUT2D eigenvalue weighted by molar-refractivity contribution is -0.117. The number of nitrogens with two attached hydrogens (primary N) is 1. The molecule has 0 atom stereocenters. The van der Waals surface area contributed by atoms with Crippen LogP contribution in [0.15, 0.2) is 18.2 Å². The number of nitrogens with one attached hydrogen (secondary N) is 2. The van der Waals surface area contributed by atoms with Crippen LogP contribution in [-0.2, 0) is 4.79 Å². The molecule has 0 bridgehead atoms. The molecule has 2 amide bonds. The fourth-order valence-electron chi connectivity index (χ4n) is 1.74. The van der Waals surface area contributed by atoms with E-state index in [-0.39, 0.29) is 17.2 Å². The normalized spacial score (nSPS) is 11.1. The topological polar surface area (TPSA) is 84.2 Å². The summed E-state index contributed by atoms with van der Waals surface area (Å²) >= 11 is 6.01. The molecule has 0 fully saturated rings. The number of hydrogen-bond donors (Lipinski definition) is 3. The van der Waals surface area contributed by atoms with Crippen molar-refractivity contribution in [3.05, 3.63) is 28.8 Å². The Morgan fingerprint density at radius 1 is 1.29 bits per heavy atom. The number of benzene rings is 1. The molecule has 6 heteroatoms. The SMILES string of the molecule is CC(C)(C)CC(=O)Nc1ccc(Cl)c(C(=O)NCCN)c1. The number of hydrogen-bond acceptors (Lipinski definition) is 3. The fraction of sp³-hybridized carbons (Fsp3) is 0.467. The van der Waals surface area contributed by atoms with Crippen LogP contribution in [0, 0.1) is 5.41 Å². The molecule has 1 aromatic rings. The van der Waals surface area contributed by atoms with Gasteiger partial charge in [-0.15, -0.1) is 0 Å². The van der Waals surface area contributed by atoms with E-state index >= 15 is 0 Å². The highest BCUT2D eigenvalue weighted by molar-refractivity contribution is 6.34. The van der Waals surface area contributed by atoms with Crippen LogP contribution in [0.4, 0.5) is 5.69 Å². The number of carbonyl (C=O) groups excluding carboxylic acids is 2. The van der Waals surface area contributed by atoms with Gasteiger partial charge in [0.1, 0.15) is 0 Å². The minimum Gasteiger partial charge on any atom is -0.351 e. The molecular weight excluding hydrogens is 290 g/mol. The van der Waals surface area contributed by atoms with Crippen LogP contribution in [-0.4, -0.2) is 24.9 Å². The lowest BCUT2D eigenvalue weighted by Gasteiger charge is -2.17. The van der Waals surface area contributed by atoms with E-state index in [1.54, 1.807) is 18.2 Å². The van der Waals surface area contributed by atoms with Crippen LogP contribution in [0.3, 0.4) is 0 Å². The molecule has 0 aliphatic heterocycles. The molecule has 0 aromatic heterocycles.